The highest BCUT2D eigenvalue weighted by Gasteiger charge is 2.36. The lowest BCUT2D eigenvalue weighted by atomic mass is 10.0. The molecule has 3 heterocycles. The first kappa shape index (κ1) is 29.7. The molecule has 0 aliphatic carbocycles. The minimum Gasteiger partial charge on any atom is -0.309 e. The van der Waals surface area contributed by atoms with E-state index in [1.165, 1.54) is 21.2 Å². The molecule has 0 saturated carbocycles. The third-order valence-electron chi connectivity index (χ3n) is 10.4. The predicted octanol–water partition coefficient (Wildman–Crippen LogP) is 10.5. The number of aromatic nitrogens is 2. The molecule has 0 fully saturated rings. The first-order valence-electron chi connectivity index (χ1n) is 17.2. The highest BCUT2D eigenvalue weighted by molar-refractivity contribution is 6.34. The number of carbonyl (C=O) groups is 2. The Bertz CT molecular complexity index is 3000. The van der Waals surface area contributed by atoms with Crippen molar-refractivity contribution < 1.29 is 9.59 Å². The first-order chi connectivity index (χ1) is 25.5. The zero-order valence-electron chi connectivity index (χ0n) is 28.0. The number of nitriles is 1. The van der Waals surface area contributed by atoms with E-state index < -0.39 is 0 Å². The van der Waals surface area contributed by atoms with Crippen LogP contribution >= 0.6 is 0 Å². The van der Waals surface area contributed by atoms with E-state index in [4.69, 9.17) is 0 Å². The molecule has 0 radical (unpaired) electrons. The van der Waals surface area contributed by atoms with Crippen LogP contribution in [-0.4, -0.2) is 20.9 Å². The molecule has 0 atom stereocenters. The first-order valence-corrected chi connectivity index (χ1v) is 17.2. The smallest absolute Gasteiger partial charge is 0.266 e. The number of rotatable bonds is 4. The van der Waals surface area contributed by atoms with E-state index in [1.54, 1.807) is 42.5 Å². The van der Waals surface area contributed by atoms with Gasteiger partial charge in [0.25, 0.3) is 11.8 Å². The van der Waals surface area contributed by atoms with E-state index in [0.717, 1.165) is 49.7 Å². The lowest BCUT2D eigenvalue weighted by molar-refractivity contribution is 0.0926. The van der Waals surface area contributed by atoms with Crippen LogP contribution in [-0.2, 0) is 0 Å². The number of fused-ring (bicyclic) bond motifs is 7. The number of carbonyl (C=O) groups excluding carboxylic acids is 2. The van der Waals surface area contributed by atoms with E-state index in [1.807, 2.05) is 18.2 Å². The monoisotopic (exact) mass is 668 g/mol. The van der Waals surface area contributed by atoms with Crippen LogP contribution in [0.2, 0.25) is 0 Å². The lowest BCUT2D eigenvalue weighted by Gasteiger charge is -2.17. The van der Waals surface area contributed by atoms with Crippen molar-refractivity contribution in [2.24, 2.45) is 0 Å². The van der Waals surface area contributed by atoms with Crippen LogP contribution in [0.3, 0.4) is 0 Å². The van der Waals surface area contributed by atoms with Crippen molar-refractivity contribution in [2.45, 2.75) is 6.92 Å². The van der Waals surface area contributed by atoms with Gasteiger partial charge in [-0.2, -0.15) is 5.26 Å². The van der Waals surface area contributed by atoms with E-state index in [-0.39, 0.29) is 11.8 Å². The minimum absolute atomic E-state index is 0.373. The van der Waals surface area contributed by atoms with Crippen LogP contribution < -0.4 is 4.90 Å². The summed E-state index contributed by atoms with van der Waals surface area (Å²) in [6, 6.07) is 52.8. The van der Waals surface area contributed by atoms with Crippen molar-refractivity contribution in [1.82, 2.24) is 9.13 Å². The summed E-state index contributed by atoms with van der Waals surface area (Å²) in [4.78, 5) is 28.1. The highest BCUT2D eigenvalue weighted by atomic mass is 16.2. The molecule has 2 amide bonds. The van der Waals surface area contributed by atoms with Crippen LogP contribution in [0, 0.1) is 18.3 Å². The molecule has 0 N–H and O–H groups in total. The predicted molar refractivity (Wildman–Crippen MR) is 208 cm³/mol. The van der Waals surface area contributed by atoms with Crippen LogP contribution in [0.5, 0.6) is 0 Å². The van der Waals surface area contributed by atoms with Crippen LogP contribution in [0.1, 0.15) is 31.8 Å². The molecule has 9 aromatic rings. The second-order valence-corrected chi connectivity index (χ2v) is 13.3. The molecule has 7 aromatic carbocycles. The van der Waals surface area contributed by atoms with Gasteiger partial charge in [0.1, 0.15) is 6.07 Å². The van der Waals surface area contributed by atoms with Gasteiger partial charge in [-0.25, -0.2) is 4.90 Å². The third-order valence-corrected chi connectivity index (χ3v) is 10.4. The molecule has 10 rings (SSSR count). The summed E-state index contributed by atoms with van der Waals surface area (Å²) in [5.74, 6) is -0.746. The molecule has 1 aliphatic rings. The maximum absolute atomic E-state index is 13.4. The molecule has 0 spiro atoms. The van der Waals surface area contributed by atoms with Crippen molar-refractivity contribution in [3.63, 3.8) is 0 Å². The summed E-state index contributed by atoms with van der Waals surface area (Å²) in [5, 5.41) is 14.7. The zero-order valence-corrected chi connectivity index (χ0v) is 28.0. The molecular formula is C46H28N4O2. The molecule has 6 nitrogen and oxygen atoms in total. The SMILES string of the molecule is Cc1ccc(-n2c3ccccc3c3cc(-c4ccc5c(c4)c4ccccc4n5-c4cc(N5C(=O)c6ccccc6C5=O)ccc4C#N)ccc32)cc1. The molecule has 1 aliphatic heterocycles. The van der Waals surface area contributed by atoms with Gasteiger partial charge in [0.05, 0.1) is 50.1 Å². The second-order valence-electron chi connectivity index (χ2n) is 13.3. The summed E-state index contributed by atoms with van der Waals surface area (Å²) in [5.41, 5.74) is 10.9. The van der Waals surface area contributed by atoms with Gasteiger partial charge in [0.2, 0.25) is 0 Å². The van der Waals surface area contributed by atoms with Crippen molar-refractivity contribution >= 4 is 61.1 Å². The largest absolute Gasteiger partial charge is 0.309 e. The highest BCUT2D eigenvalue weighted by Crippen LogP contribution is 2.40. The van der Waals surface area contributed by atoms with E-state index >= 15 is 0 Å². The molecular weight excluding hydrogens is 641 g/mol. The topological polar surface area (TPSA) is 71.0 Å². The number of amides is 2. The average Bonchev–Trinajstić information content (AvgIpc) is 3.79. The van der Waals surface area contributed by atoms with Crippen molar-refractivity contribution in [2.75, 3.05) is 4.90 Å². The number of hydrogen-bond acceptors (Lipinski definition) is 3. The molecule has 244 valence electrons. The van der Waals surface area contributed by atoms with Gasteiger partial charge in [-0.1, -0.05) is 78.4 Å². The van der Waals surface area contributed by atoms with E-state index in [9.17, 15) is 14.9 Å². The molecule has 0 unspecified atom stereocenters. The summed E-state index contributed by atoms with van der Waals surface area (Å²) < 4.78 is 4.39. The molecule has 0 bridgehead atoms. The summed E-state index contributed by atoms with van der Waals surface area (Å²) in [6.07, 6.45) is 0. The van der Waals surface area contributed by atoms with Gasteiger partial charge in [0.15, 0.2) is 0 Å². The third kappa shape index (κ3) is 4.23. The fourth-order valence-corrected chi connectivity index (χ4v) is 7.90. The van der Waals surface area contributed by atoms with Gasteiger partial charge in [-0.3, -0.25) is 9.59 Å². The fraction of sp³-hybridized carbons (Fsp3) is 0.0217. The Morgan fingerprint density at radius 1 is 0.481 bits per heavy atom. The standard InChI is InChI=1S/C46H28N4O2/c1-28-14-19-32(20-15-28)48-40-12-6-4-8-34(40)38-24-29(17-22-42(38)48)30-18-23-43-39(25-30)35-9-5-7-13-41(35)50(43)44-26-33(21-16-31(44)27-47)49-45(51)36-10-2-3-11-37(36)46(49)52/h2-26H,1H3. The summed E-state index contributed by atoms with van der Waals surface area (Å²) >= 11 is 0. The van der Waals surface area contributed by atoms with Gasteiger partial charge in [-0.05, 0) is 96.9 Å². The number of nitrogens with zero attached hydrogens (tertiary/aromatic N) is 4. The number of para-hydroxylation sites is 2. The number of imide groups is 1. The second kappa shape index (κ2) is 11.1. The van der Waals surface area contributed by atoms with Gasteiger partial charge >= 0.3 is 0 Å². The van der Waals surface area contributed by atoms with Gasteiger partial charge in [-0.15, -0.1) is 0 Å². The Morgan fingerprint density at radius 2 is 0.981 bits per heavy atom. The van der Waals surface area contributed by atoms with Crippen LogP contribution in [0.25, 0.3) is 66.1 Å². The Kier molecular flexibility index (Phi) is 6.36. The lowest BCUT2D eigenvalue weighted by Crippen LogP contribution is -2.29. The van der Waals surface area contributed by atoms with Crippen molar-refractivity contribution in [1.29, 1.82) is 5.26 Å². The van der Waals surface area contributed by atoms with E-state index in [2.05, 4.69) is 113 Å². The van der Waals surface area contributed by atoms with Crippen LogP contribution in [0.4, 0.5) is 5.69 Å². The Morgan fingerprint density at radius 3 is 1.58 bits per heavy atom. The zero-order chi connectivity index (χ0) is 35.1. The van der Waals surface area contributed by atoms with Gasteiger partial charge in [0, 0.05) is 27.2 Å². The Labute approximate surface area is 298 Å². The number of anilines is 1. The number of benzene rings is 7. The van der Waals surface area contributed by atoms with E-state index in [0.29, 0.717) is 28.1 Å². The maximum atomic E-state index is 13.4. The fourth-order valence-electron chi connectivity index (χ4n) is 7.90. The molecule has 2 aromatic heterocycles. The summed E-state index contributed by atoms with van der Waals surface area (Å²) in [7, 11) is 0. The average molecular weight is 669 g/mol. The van der Waals surface area contributed by atoms with Crippen molar-refractivity contribution in [3.05, 3.63) is 174 Å². The number of hydrogen-bond donors (Lipinski definition) is 0. The maximum Gasteiger partial charge on any atom is 0.266 e. The molecule has 0 saturated heterocycles. The van der Waals surface area contributed by atoms with Crippen LogP contribution in [0.15, 0.2) is 152 Å². The summed E-state index contributed by atoms with van der Waals surface area (Å²) in [6.45, 7) is 2.10. The Balaban J connectivity index is 1.14. The normalized spacial score (nSPS) is 12.7. The Hall–Kier alpha value is -7.23. The van der Waals surface area contributed by atoms with Crippen molar-refractivity contribution in [3.8, 4) is 28.6 Å². The minimum atomic E-state index is -0.373. The number of aryl methyl sites for hydroxylation is 1. The van der Waals surface area contributed by atoms with Gasteiger partial charge < -0.3 is 9.13 Å². The molecule has 6 heteroatoms. The quantitative estimate of drug-likeness (QED) is 0.175. The molecule has 52 heavy (non-hydrogen) atoms.